The van der Waals surface area contributed by atoms with Crippen LogP contribution < -0.4 is 10.2 Å². The number of benzene rings is 1. The summed E-state index contributed by atoms with van der Waals surface area (Å²) in [5, 5.41) is 18.6. The number of nitriles is 1. The lowest BCUT2D eigenvalue weighted by Crippen LogP contribution is -2.32. The molecule has 2 N–H and O–H groups in total. The Kier molecular flexibility index (Phi) is 6.90. The molecule has 0 aliphatic rings. The van der Waals surface area contributed by atoms with E-state index in [1.165, 1.54) is 0 Å². The molecule has 0 saturated heterocycles. The van der Waals surface area contributed by atoms with Crippen LogP contribution in [-0.2, 0) is 4.84 Å². The summed E-state index contributed by atoms with van der Waals surface area (Å²) in [6.45, 7) is 5.06. The zero-order valence-electron chi connectivity index (χ0n) is 11.3. The molecule has 1 aromatic carbocycles. The number of hydrogen-bond donors (Lipinski definition) is 2. The molecule has 1 rings (SSSR count). The van der Waals surface area contributed by atoms with Crippen molar-refractivity contribution in [3.63, 3.8) is 0 Å². The molecule has 0 aromatic heterocycles. The quantitative estimate of drug-likeness (QED) is 0.549. The fourth-order valence-electron chi connectivity index (χ4n) is 1.31. The Morgan fingerprint density at radius 2 is 2.05 bits per heavy atom. The Morgan fingerprint density at radius 1 is 1.32 bits per heavy atom. The van der Waals surface area contributed by atoms with Crippen molar-refractivity contribution in [3.05, 3.63) is 29.8 Å². The summed E-state index contributed by atoms with van der Waals surface area (Å²) in [7, 11) is 0. The van der Waals surface area contributed by atoms with Crippen LogP contribution in [0, 0.1) is 17.2 Å². The number of hydroxylamine groups is 1. The third-order valence-corrected chi connectivity index (χ3v) is 2.28. The number of para-hydroxylation sites is 1. The van der Waals surface area contributed by atoms with Crippen LogP contribution in [0.4, 0.5) is 0 Å². The van der Waals surface area contributed by atoms with Crippen LogP contribution in [0.15, 0.2) is 24.3 Å². The molecule has 0 aliphatic heterocycles. The summed E-state index contributed by atoms with van der Waals surface area (Å²) in [6.07, 6.45) is -0.695. The van der Waals surface area contributed by atoms with E-state index in [1.54, 1.807) is 24.3 Å². The number of aliphatic hydroxyl groups excluding tert-OH is 1. The van der Waals surface area contributed by atoms with Gasteiger partial charge in [-0.2, -0.15) is 10.7 Å². The summed E-state index contributed by atoms with van der Waals surface area (Å²) < 4.78 is 5.40. The largest absolute Gasteiger partial charge is 0.489 e. The van der Waals surface area contributed by atoms with Gasteiger partial charge >= 0.3 is 0 Å². The molecule has 0 saturated carbocycles. The van der Waals surface area contributed by atoms with Crippen LogP contribution >= 0.6 is 0 Å². The third kappa shape index (κ3) is 6.20. The third-order valence-electron chi connectivity index (χ3n) is 2.28. The predicted octanol–water partition coefficient (Wildman–Crippen LogP) is 1.48. The maximum atomic E-state index is 9.69. The molecule has 5 heteroatoms. The van der Waals surface area contributed by atoms with Crippen molar-refractivity contribution < 1.29 is 14.7 Å². The van der Waals surface area contributed by atoms with Crippen molar-refractivity contribution in [1.82, 2.24) is 5.48 Å². The first-order chi connectivity index (χ1) is 9.13. The van der Waals surface area contributed by atoms with E-state index in [-0.39, 0.29) is 13.2 Å². The van der Waals surface area contributed by atoms with Gasteiger partial charge in [-0.15, -0.1) is 0 Å². The standard InChI is InChI=1S/C14H20N2O3/c1-11(2)9-19-16-8-13(17)10-18-14-6-4-3-5-12(14)7-15/h3-6,11,13,16-17H,8-10H2,1-2H3. The van der Waals surface area contributed by atoms with Crippen LogP contribution in [0.25, 0.3) is 0 Å². The van der Waals surface area contributed by atoms with E-state index in [9.17, 15) is 5.11 Å². The van der Waals surface area contributed by atoms with Gasteiger partial charge in [0, 0.05) is 0 Å². The molecule has 5 nitrogen and oxygen atoms in total. The Bertz CT molecular complexity index is 415. The highest BCUT2D eigenvalue weighted by atomic mass is 16.6. The van der Waals surface area contributed by atoms with Gasteiger partial charge in [0.1, 0.15) is 24.5 Å². The normalized spacial score (nSPS) is 12.2. The molecule has 0 spiro atoms. The van der Waals surface area contributed by atoms with Gasteiger partial charge in [-0.3, -0.25) is 0 Å². The minimum atomic E-state index is -0.695. The molecule has 0 bridgehead atoms. The first kappa shape index (κ1) is 15.4. The van der Waals surface area contributed by atoms with E-state index in [4.69, 9.17) is 14.8 Å². The van der Waals surface area contributed by atoms with Crippen LogP contribution in [-0.4, -0.2) is 31.0 Å². The average Bonchev–Trinajstić information content (AvgIpc) is 2.41. The molecular formula is C14H20N2O3. The Hall–Kier alpha value is -1.61. The molecule has 0 aliphatic carbocycles. The average molecular weight is 264 g/mol. The summed E-state index contributed by atoms with van der Waals surface area (Å²) in [5.41, 5.74) is 3.14. The number of nitrogens with one attached hydrogen (secondary N) is 1. The van der Waals surface area contributed by atoms with Crippen LogP contribution in [0.1, 0.15) is 19.4 Å². The highest BCUT2D eigenvalue weighted by molar-refractivity contribution is 5.42. The van der Waals surface area contributed by atoms with Crippen molar-refractivity contribution >= 4 is 0 Å². The fourth-order valence-corrected chi connectivity index (χ4v) is 1.31. The second kappa shape index (κ2) is 8.48. The maximum Gasteiger partial charge on any atom is 0.137 e. The van der Waals surface area contributed by atoms with E-state index in [0.717, 1.165) is 0 Å². The fraction of sp³-hybridized carbons (Fsp3) is 0.500. The zero-order valence-corrected chi connectivity index (χ0v) is 11.3. The first-order valence-corrected chi connectivity index (χ1v) is 6.28. The van der Waals surface area contributed by atoms with Crippen molar-refractivity contribution in [1.29, 1.82) is 5.26 Å². The number of rotatable bonds is 8. The van der Waals surface area contributed by atoms with Gasteiger partial charge in [0.15, 0.2) is 0 Å². The van der Waals surface area contributed by atoms with Gasteiger partial charge < -0.3 is 14.7 Å². The van der Waals surface area contributed by atoms with Crippen molar-refractivity contribution in [2.24, 2.45) is 5.92 Å². The van der Waals surface area contributed by atoms with Gasteiger partial charge in [0.25, 0.3) is 0 Å². The first-order valence-electron chi connectivity index (χ1n) is 6.28. The molecule has 1 unspecified atom stereocenters. The molecule has 1 aromatic rings. The summed E-state index contributed by atoms with van der Waals surface area (Å²) in [4.78, 5) is 5.14. The van der Waals surface area contributed by atoms with E-state index in [0.29, 0.717) is 23.8 Å². The number of aliphatic hydroxyl groups is 1. The topological polar surface area (TPSA) is 74.5 Å². The monoisotopic (exact) mass is 264 g/mol. The van der Waals surface area contributed by atoms with Crippen molar-refractivity contribution in [3.8, 4) is 11.8 Å². The minimum Gasteiger partial charge on any atom is -0.489 e. The van der Waals surface area contributed by atoms with Gasteiger partial charge in [-0.25, -0.2) is 0 Å². The number of hydrogen-bond acceptors (Lipinski definition) is 5. The lowest BCUT2D eigenvalue weighted by atomic mass is 10.2. The Labute approximate surface area is 113 Å². The summed E-state index contributed by atoms with van der Waals surface area (Å²) >= 11 is 0. The SMILES string of the molecule is CC(C)CONCC(O)COc1ccccc1C#N. The second-order valence-electron chi connectivity index (χ2n) is 4.63. The smallest absolute Gasteiger partial charge is 0.137 e. The van der Waals surface area contributed by atoms with Gasteiger partial charge in [0.05, 0.1) is 18.7 Å². The zero-order chi connectivity index (χ0) is 14.1. The Morgan fingerprint density at radius 3 is 2.74 bits per heavy atom. The van der Waals surface area contributed by atoms with Crippen molar-refractivity contribution in [2.45, 2.75) is 20.0 Å². The molecule has 0 heterocycles. The highest BCUT2D eigenvalue weighted by Gasteiger charge is 2.07. The second-order valence-corrected chi connectivity index (χ2v) is 4.63. The molecule has 0 fully saturated rings. The highest BCUT2D eigenvalue weighted by Crippen LogP contribution is 2.16. The van der Waals surface area contributed by atoms with E-state index >= 15 is 0 Å². The lowest BCUT2D eigenvalue weighted by Gasteiger charge is -2.14. The van der Waals surface area contributed by atoms with E-state index < -0.39 is 6.10 Å². The van der Waals surface area contributed by atoms with Gasteiger partial charge in [0.2, 0.25) is 0 Å². The number of nitrogens with zero attached hydrogens (tertiary/aromatic N) is 1. The van der Waals surface area contributed by atoms with E-state index in [1.807, 2.05) is 19.9 Å². The summed E-state index contributed by atoms with van der Waals surface area (Å²) in [5.74, 6) is 0.913. The van der Waals surface area contributed by atoms with Gasteiger partial charge in [-0.1, -0.05) is 26.0 Å². The molecule has 0 amide bonds. The van der Waals surface area contributed by atoms with Crippen LogP contribution in [0.2, 0.25) is 0 Å². The van der Waals surface area contributed by atoms with Crippen molar-refractivity contribution in [2.75, 3.05) is 19.8 Å². The predicted molar refractivity (Wildman–Crippen MR) is 71.5 cm³/mol. The summed E-state index contributed by atoms with van der Waals surface area (Å²) in [6, 6.07) is 8.96. The minimum absolute atomic E-state index is 0.108. The Balaban J connectivity index is 2.26. The lowest BCUT2D eigenvalue weighted by molar-refractivity contribution is -0.00775. The van der Waals surface area contributed by atoms with Gasteiger partial charge in [-0.05, 0) is 18.1 Å². The molecule has 104 valence electrons. The maximum absolute atomic E-state index is 9.69. The molecule has 1 atom stereocenters. The van der Waals surface area contributed by atoms with Crippen LogP contribution in [0.5, 0.6) is 5.75 Å². The molecule has 0 radical (unpaired) electrons. The molecular weight excluding hydrogens is 244 g/mol. The number of ether oxygens (including phenoxy) is 1. The van der Waals surface area contributed by atoms with Crippen LogP contribution in [0.3, 0.4) is 0 Å². The van der Waals surface area contributed by atoms with E-state index in [2.05, 4.69) is 5.48 Å². The molecule has 19 heavy (non-hydrogen) atoms.